The number of hydrogen-bond donors (Lipinski definition) is 0. The van der Waals surface area contributed by atoms with E-state index < -0.39 is 0 Å². The third-order valence-electron chi connectivity index (χ3n) is 1.68. The van der Waals surface area contributed by atoms with Crippen LogP contribution in [-0.2, 0) is 0 Å². The van der Waals surface area contributed by atoms with Crippen LogP contribution in [0.1, 0.15) is 4.88 Å². The van der Waals surface area contributed by atoms with Gasteiger partial charge in [0.2, 0.25) is 0 Å². The summed E-state index contributed by atoms with van der Waals surface area (Å²) in [5.74, 6) is 0. The van der Waals surface area contributed by atoms with Crippen molar-refractivity contribution in [2.75, 3.05) is 0 Å². The van der Waals surface area contributed by atoms with Crippen LogP contribution in [0.4, 0.5) is 0 Å². The monoisotopic (exact) mass is 193 g/mol. The molecule has 0 aliphatic heterocycles. The second-order valence-electron chi connectivity index (χ2n) is 2.36. The summed E-state index contributed by atoms with van der Waals surface area (Å²) in [6, 6.07) is 9.79. The molecule has 0 N–H and O–H groups in total. The molecule has 1 heterocycles. The van der Waals surface area contributed by atoms with E-state index in [1.165, 1.54) is 11.3 Å². The van der Waals surface area contributed by atoms with Gasteiger partial charge in [0.1, 0.15) is 15.3 Å². The second kappa shape index (κ2) is 2.78. The van der Waals surface area contributed by atoms with Crippen LogP contribution in [0.25, 0.3) is 10.8 Å². The lowest BCUT2D eigenvalue weighted by atomic mass is 10.2. The number of thiophene rings is 1. The molecular formula is C9H4ClNS. The molecule has 3 heteroatoms. The average Bonchev–Trinajstić information content (AvgIpc) is 2.44. The number of hydrogen-bond acceptors (Lipinski definition) is 2. The number of rotatable bonds is 0. The highest BCUT2D eigenvalue weighted by atomic mass is 35.5. The summed E-state index contributed by atoms with van der Waals surface area (Å²) in [5.41, 5.74) is 0. The van der Waals surface area contributed by atoms with Crippen LogP contribution in [0.3, 0.4) is 0 Å². The van der Waals surface area contributed by atoms with E-state index in [0.29, 0.717) is 9.21 Å². The molecule has 1 aromatic heterocycles. The number of benzene rings is 1. The zero-order valence-corrected chi connectivity index (χ0v) is 7.62. The van der Waals surface area contributed by atoms with E-state index >= 15 is 0 Å². The maximum Gasteiger partial charge on any atom is 0.114 e. The molecule has 0 saturated carbocycles. The van der Waals surface area contributed by atoms with Crippen molar-refractivity contribution in [3.8, 4) is 6.07 Å². The maximum atomic E-state index is 8.75. The first kappa shape index (κ1) is 7.60. The van der Waals surface area contributed by atoms with Gasteiger partial charge >= 0.3 is 0 Å². The molecule has 0 spiro atoms. The quantitative estimate of drug-likeness (QED) is 0.629. The fraction of sp³-hybridized carbons (Fsp3) is 0. The number of nitriles is 1. The van der Waals surface area contributed by atoms with Gasteiger partial charge in [0.25, 0.3) is 0 Å². The van der Waals surface area contributed by atoms with Gasteiger partial charge in [0, 0.05) is 10.8 Å². The van der Waals surface area contributed by atoms with Crippen LogP contribution in [0.2, 0.25) is 4.34 Å². The Morgan fingerprint density at radius 3 is 2.58 bits per heavy atom. The minimum absolute atomic E-state index is 0.690. The summed E-state index contributed by atoms with van der Waals surface area (Å²) >= 11 is 7.26. The highest BCUT2D eigenvalue weighted by molar-refractivity contribution is 7.18. The van der Waals surface area contributed by atoms with Crippen LogP contribution in [0.5, 0.6) is 0 Å². The van der Waals surface area contributed by atoms with E-state index in [0.717, 1.165) is 10.8 Å². The van der Waals surface area contributed by atoms with Crippen molar-refractivity contribution in [3.63, 3.8) is 0 Å². The van der Waals surface area contributed by atoms with Crippen molar-refractivity contribution in [1.29, 1.82) is 5.26 Å². The van der Waals surface area contributed by atoms with Gasteiger partial charge in [-0.15, -0.1) is 11.3 Å². The largest absolute Gasteiger partial charge is 0.192 e. The van der Waals surface area contributed by atoms with E-state index in [2.05, 4.69) is 6.07 Å². The Morgan fingerprint density at radius 1 is 1.25 bits per heavy atom. The highest BCUT2D eigenvalue weighted by Gasteiger charge is 2.06. The fourth-order valence-electron chi connectivity index (χ4n) is 1.14. The van der Waals surface area contributed by atoms with Gasteiger partial charge in [-0.25, -0.2) is 0 Å². The molecule has 2 rings (SSSR count). The van der Waals surface area contributed by atoms with Crippen LogP contribution in [0.15, 0.2) is 24.3 Å². The van der Waals surface area contributed by atoms with Crippen LogP contribution in [0, 0.1) is 11.3 Å². The molecule has 2 aromatic rings. The molecule has 0 saturated heterocycles. The summed E-state index contributed by atoms with van der Waals surface area (Å²) < 4.78 is 0.696. The first-order valence-electron chi connectivity index (χ1n) is 3.40. The maximum absolute atomic E-state index is 8.75. The minimum atomic E-state index is 0.690. The average molecular weight is 194 g/mol. The normalized spacial score (nSPS) is 10.0. The van der Waals surface area contributed by atoms with Crippen molar-refractivity contribution in [2.24, 2.45) is 0 Å². The fourth-order valence-corrected chi connectivity index (χ4v) is 2.33. The van der Waals surface area contributed by atoms with E-state index in [1.54, 1.807) is 0 Å². The van der Waals surface area contributed by atoms with E-state index in [9.17, 15) is 0 Å². The van der Waals surface area contributed by atoms with Gasteiger partial charge in [-0.1, -0.05) is 35.9 Å². The third-order valence-corrected chi connectivity index (χ3v) is 3.03. The smallest absolute Gasteiger partial charge is 0.114 e. The molecular weight excluding hydrogens is 190 g/mol. The molecule has 12 heavy (non-hydrogen) atoms. The first-order chi connectivity index (χ1) is 5.83. The van der Waals surface area contributed by atoms with Crippen molar-refractivity contribution in [3.05, 3.63) is 33.5 Å². The van der Waals surface area contributed by atoms with Gasteiger partial charge in [-0.3, -0.25) is 0 Å². The number of fused-ring (bicyclic) bond motifs is 1. The zero-order valence-electron chi connectivity index (χ0n) is 6.04. The number of halogens is 1. The van der Waals surface area contributed by atoms with Crippen molar-refractivity contribution in [1.82, 2.24) is 0 Å². The molecule has 0 aliphatic carbocycles. The van der Waals surface area contributed by atoms with Crippen molar-refractivity contribution < 1.29 is 0 Å². The summed E-state index contributed by atoms with van der Waals surface area (Å²) in [7, 11) is 0. The number of nitrogens with zero attached hydrogens (tertiary/aromatic N) is 1. The van der Waals surface area contributed by atoms with Crippen LogP contribution >= 0.6 is 22.9 Å². The van der Waals surface area contributed by atoms with Gasteiger partial charge in [-0.2, -0.15) is 5.26 Å². The minimum Gasteiger partial charge on any atom is -0.192 e. The first-order valence-corrected chi connectivity index (χ1v) is 4.59. The zero-order chi connectivity index (χ0) is 8.55. The molecule has 0 bridgehead atoms. The molecule has 0 amide bonds. The SMILES string of the molecule is N#Cc1sc(Cl)c2ccccc12. The Bertz CT molecular complexity index is 467. The van der Waals surface area contributed by atoms with Crippen molar-refractivity contribution in [2.45, 2.75) is 0 Å². The van der Waals surface area contributed by atoms with E-state index in [1.807, 2.05) is 24.3 Å². The summed E-state index contributed by atoms with van der Waals surface area (Å²) in [6.07, 6.45) is 0. The Hall–Kier alpha value is -1.04. The molecule has 58 valence electrons. The molecule has 0 aliphatic rings. The topological polar surface area (TPSA) is 23.8 Å². The standard InChI is InChI=1S/C9H4ClNS/c10-9-7-4-2-1-3-6(7)8(5-11)12-9/h1-4H. The Kier molecular flexibility index (Phi) is 1.76. The van der Waals surface area contributed by atoms with E-state index in [-0.39, 0.29) is 0 Å². The van der Waals surface area contributed by atoms with E-state index in [4.69, 9.17) is 16.9 Å². The lowest BCUT2D eigenvalue weighted by Crippen LogP contribution is -1.65. The summed E-state index contributed by atoms with van der Waals surface area (Å²) in [6.45, 7) is 0. The predicted octanol–water partition coefficient (Wildman–Crippen LogP) is 3.43. The molecule has 0 atom stereocenters. The second-order valence-corrected chi connectivity index (χ2v) is 3.98. The molecule has 1 aromatic carbocycles. The summed E-state index contributed by atoms with van der Waals surface area (Å²) in [5, 5.41) is 10.7. The lowest BCUT2D eigenvalue weighted by molar-refractivity contribution is 1.53. The Morgan fingerprint density at radius 2 is 1.92 bits per heavy atom. The van der Waals surface area contributed by atoms with Crippen molar-refractivity contribution >= 4 is 33.7 Å². The molecule has 0 fully saturated rings. The van der Waals surface area contributed by atoms with Gasteiger partial charge < -0.3 is 0 Å². The summed E-state index contributed by atoms with van der Waals surface area (Å²) in [4.78, 5) is 0.690. The van der Waals surface area contributed by atoms with Crippen LogP contribution in [-0.4, -0.2) is 0 Å². The van der Waals surface area contributed by atoms with Gasteiger partial charge in [0.05, 0.1) is 0 Å². The van der Waals surface area contributed by atoms with Gasteiger partial charge in [0.15, 0.2) is 0 Å². The highest BCUT2D eigenvalue weighted by Crippen LogP contribution is 2.34. The molecule has 0 unspecified atom stereocenters. The van der Waals surface area contributed by atoms with Gasteiger partial charge in [-0.05, 0) is 0 Å². The van der Waals surface area contributed by atoms with Crippen LogP contribution < -0.4 is 0 Å². The molecule has 0 radical (unpaired) electrons. The third kappa shape index (κ3) is 0.989. The predicted molar refractivity (Wildman–Crippen MR) is 51.6 cm³/mol. The molecule has 1 nitrogen and oxygen atoms in total. The lowest BCUT2D eigenvalue weighted by Gasteiger charge is -1.86. The Balaban J connectivity index is 2.94. The Labute approximate surface area is 78.8 Å².